The molecule has 0 aliphatic carbocycles. The Morgan fingerprint density at radius 2 is 1.87 bits per heavy atom. The number of fused-ring (bicyclic) bond motifs is 1. The second-order valence-electron chi connectivity index (χ2n) is 7.08. The summed E-state index contributed by atoms with van der Waals surface area (Å²) in [7, 11) is 0. The minimum atomic E-state index is -0.472. The predicted octanol–water partition coefficient (Wildman–Crippen LogP) is 2.17. The van der Waals surface area contributed by atoms with Crippen LogP contribution < -0.4 is 16.3 Å². The van der Waals surface area contributed by atoms with Gasteiger partial charge in [0, 0.05) is 17.9 Å². The first-order chi connectivity index (χ1) is 14.4. The largest absolute Gasteiger partial charge is 0.350 e. The van der Waals surface area contributed by atoms with Gasteiger partial charge in [-0.3, -0.25) is 14.2 Å². The number of aryl methyl sites for hydroxylation is 2. The lowest BCUT2D eigenvalue weighted by molar-refractivity contribution is -0.123. The summed E-state index contributed by atoms with van der Waals surface area (Å²) in [5.41, 5.74) is 1.64. The molecule has 2 amide bonds. The summed E-state index contributed by atoms with van der Waals surface area (Å²) in [5.74, 6) is -0.679. The van der Waals surface area contributed by atoms with E-state index in [9.17, 15) is 14.4 Å². The van der Waals surface area contributed by atoms with Crippen LogP contribution in [0.4, 0.5) is 0 Å². The van der Waals surface area contributed by atoms with Gasteiger partial charge in [0.05, 0.1) is 6.04 Å². The molecular weight excluding hydrogens is 380 g/mol. The summed E-state index contributed by atoms with van der Waals surface area (Å²) in [5, 5.41) is 7.75. The average molecular weight is 404 g/mol. The summed E-state index contributed by atoms with van der Waals surface area (Å²) >= 11 is 0. The van der Waals surface area contributed by atoms with Crippen molar-refractivity contribution in [2.75, 3.05) is 6.54 Å². The van der Waals surface area contributed by atoms with Crippen molar-refractivity contribution in [3.8, 4) is 0 Å². The first kappa shape index (κ1) is 21.0. The van der Waals surface area contributed by atoms with Crippen molar-refractivity contribution in [3.05, 3.63) is 88.6 Å². The molecule has 2 N–H and O–H groups in total. The Labute approximate surface area is 174 Å². The maximum Gasteiger partial charge on any atom is 0.348 e. The van der Waals surface area contributed by atoms with E-state index in [1.807, 2.05) is 42.5 Å². The van der Waals surface area contributed by atoms with Crippen molar-refractivity contribution in [1.29, 1.82) is 0 Å². The molecule has 0 aliphatic rings. The molecule has 30 heavy (non-hydrogen) atoms. The summed E-state index contributed by atoms with van der Waals surface area (Å²) in [4.78, 5) is 40.4. The lowest BCUT2D eigenvalue weighted by Gasteiger charge is -2.21. The van der Waals surface area contributed by atoms with Crippen molar-refractivity contribution >= 4 is 22.6 Å². The van der Waals surface area contributed by atoms with E-state index in [0.717, 1.165) is 16.3 Å². The van der Waals surface area contributed by atoms with Crippen LogP contribution in [0.1, 0.15) is 23.0 Å². The molecule has 1 atom stereocenters. The molecule has 1 unspecified atom stereocenters. The zero-order valence-electron chi connectivity index (χ0n) is 17.0. The molecule has 0 saturated carbocycles. The molecule has 0 spiro atoms. The maximum absolute atomic E-state index is 12.7. The molecule has 1 aromatic heterocycles. The first-order valence-corrected chi connectivity index (χ1v) is 9.61. The SMILES string of the molecule is C=CC(=O)NCC(NC(=O)Cn1c(C)cc(C)nc1=O)c1ccc2ccccc2c1. The smallest absolute Gasteiger partial charge is 0.348 e. The van der Waals surface area contributed by atoms with Gasteiger partial charge >= 0.3 is 5.69 Å². The number of hydrogen-bond acceptors (Lipinski definition) is 4. The van der Waals surface area contributed by atoms with Gasteiger partial charge in [0.2, 0.25) is 11.8 Å². The lowest BCUT2D eigenvalue weighted by Crippen LogP contribution is -2.40. The van der Waals surface area contributed by atoms with Crippen LogP contribution in [-0.2, 0) is 16.1 Å². The minimum Gasteiger partial charge on any atom is -0.350 e. The standard InChI is InChI=1S/C23H24N4O3/c1-4-21(28)24-13-20(19-10-9-17-7-5-6-8-18(17)12-19)26-22(29)14-27-16(3)11-15(2)25-23(27)30/h4-12,20H,1,13-14H2,2-3H3,(H,24,28)(H,26,29). The molecule has 7 heteroatoms. The van der Waals surface area contributed by atoms with Crippen LogP contribution in [0.2, 0.25) is 0 Å². The third-order valence-corrected chi connectivity index (χ3v) is 4.83. The molecule has 1 heterocycles. The van der Waals surface area contributed by atoms with E-state index in [1.165, 1.54) is 10.6 Å². The molecule has 0 fully saturated rings. The second kappa shape index (κ2) is 9.17. The number of benzene rings is 2. The van der Waals surface area contributed by atoms with Crippen LogP contribution >= 0.6 is 0 Å². The van der Waals surface area contributed by atoms with Gasteiger partial charge < -0.3 is 10.6 Å². The van der Waals surface area contributed by atoms with Crippen LogP contribution in [0.5, 0.6) is 0 Å². The number of nitrogens with zero attached hydrogens (tertiary/aromatic N) is 2. The van der Waals surface area contributed by atoms with Gasteiger partial charge in [0.1, 0.15) is 6.54 Å². The molecule has 0 bridgehead atoms. The molecule has 7 nitrogen and oxygen atoms in total. The molecule has 3 rings (SSSR count). The number of carbonyl (C=O) groups excluding carboxylic acids is 2. The Morgan fingerprint density at radius 3 is 2.57 bits per heavy atom. The highest BCUT2D eigenvalue weighted by Crippen LogP contribution is 2.20. The number of aromatic nitrogens is 2. The number of amides is 2. The number of carbonyl (C=O) groups is 2. The molecular formula is C23H24N4O3. The van der Waals surface area contributed by atoms with Crippen LogP contribution in [-0.4, -0.2) is 27.9 Å². The summed E-state index contributed by atoms with van der Waals surface area (Å²) in [6, 6.07) is 15.0. The normalized spacial score (nSPS) is 11.7. The Hall–Kier alpha value is -3.74. The zero-order chi connectivity index (χ0) is 21.7. The van der Waals surface area contributed by atoms with Crippen molar-refractivity contribution < 1.29 is 9.59 Å². The number of rotatable bonds is 7. The summed E-state index contributed by atoms with van der Waals surface area (Å²) in [6.07, 6.45) is 1.18. The third kappa shape index (κ3) is 5.00. The highest BCUT2D eigenvalue weighted by atomic mass is 16.2. The second-order valence-corrected chi connectivity index (χ2v) is 7.08. The number of nitrogens with one attached hydrogen (secondary N) is 2. The van der Waals surface area contributed by atoms with Crippen LogP contribution in [0.15, 0.2) is 66.0 Å². The Bertz CT molecular complexity index is 1170. The highest BCUT2D eigenvalue weighted by molar-refractivity contribution is 5.87. The average Bonchev–Trinajstić information content (AvgIpc) is 2.73. The highest BCUT2D eigenvalue weighted by Gasteiger charge is 2.17. The van der Waals surface area contributed by atoms with Crippen LogP contribution in [0, 0.1) is 13.8 Å². The quantitative estimate of drug-likeness (QED) is 0.590. The monoisotopic (exact) mass is 404 g/mol. The van der Waals surface area contributed by atoms with E-state index in [2.05, 4.69) is 22.2 Å². The van der Waals surface area contributed by atoms with E-state index >= 15 is 0 Å². The zero-order valence-corrected chi connectivity index (χ0v) is 17.0. The Balaban J connectivity index is 1.84. The minimum absolute atomic E-state index is 0.155. The van der Waals surface area contributed by atoms with Gasteiger partial charge in [-0.25, -0.2) is 4.79 Å². The van der Waals surface area contributed by atoms with Crippen molar-refractivity contribution in [2.45, 2.75) is 26.4 Å². The lowest BCUT2D eigenvalue weighted by atomic mass is 10.0. The van der Waals surface area contributed by atoms with Gasteiger partial charge in [-0.05, 0) is 48.4 Å². The maximum atomic E-state index is 12.7. The molecule has 2 aromatic carbocycles. The Morgan fingerprint density at radius 1 is 1.13 bits per heavy atom. The summed E-state index contributed by atoms with van der Waals surface area (Å²) < 4.78 is 1.32. The van der Waals surface area contributed by atoms with Crippen molar-refractivity contribution in [1.82, 2.24) is 20.2 Å². The van der Waals surface area contributed by atoms with E-state index in [4.69, 9.17) is 0 Å². The fourth-order valence-corrected chi connectivity index (χ4v) is 3.30. The molecule has 154 valence electrons. The van der Waals surface area contributed by atoms with E-state index in [-0.39, 0.29) is 24.9 Å². The molecule has 0 saturated heterocycles. The van der Waals surface area contributed by atoms with Crippen LogP contribution in [0.25, 0.3) is 10.8 Å². The topological polar surface area (TPSA) is 93.1 Å². The van der Waals surface area contributed by atoms with E-state index in [1.54, 1.807) is 19.9 Å². The van der Waals surface area contributed by atoms with Gasteiger partial charge in [-0.15, -0.1) is 0 Å². The Kier molecular flexibility index (Phi) is 6.41. The van der Waals surface area contributed by atoms with Gasteiger partial charge in [0.25, 0.3) is 0 Å². The fourth-order valence-electron chi connectivity index (χ4n) is 3.30. The van der Waals surface area contributed by atoms with Crippen molar-refractivity contribution in [3.63, 3.8) is 0 Å². The van der Waals surface area contributed by atoms with E-state index < -0.39 is 11.7 Å². The summed E-state index contributed by atoms with van der Waals surface area (Å²) in [6.45, 7) is 6.98. The van der Waals surface area contributed by atoms with Gasteiger partial charge in [-0.1, -0.05) is 43.0 Å². The fraction of sp³-hybridized carbons (Fsp3) is 0.217. The van der Waals surface area contributed by atoms with Crippen molar-refractivity contribution in [2.24, 2.45) is 0 Å². The molecule has 0 radical (unpaired) electrons. The predicted molar refractivity (Wildman–Crippen MR) is 116 cm³/mol. The first-order valence-electron chi connectivity index (χ1n) is 9.61. The third-order valence-electron chi connectivity index (χ3n) is 4.83. The van der Waals surface area contributed by atoms with Gasteiger partial charge in [0.15, 0.2) is 0 Å². The van der Waals surface area contributed by atoms with E-state index in [0.29, 0.717) is 11.4 Å². The molecule has 0 aliphatic heterocycles. The van der Waals surface area contributed by atoms with Gasteiger partial charge in [-0.2, -0.15) is 4.98 Å². The molecule has 3 aromatic rings. The van der Waals surface area contributed by atoms with Crippen LogP contribution in [0.3, 0.4) is 0 Å². The number of hydrogen-bond donors (Lipinski definition) is 2.